The Kier molecular flexibility index (Phi) is 3.58. The van der Waals surface area contributed by atoms with Crippen LogP contribution in [0.2, 0.25) is 5.02 Å². The van der Waals surface area contributed by atoms with E-state index >= 15 is 0 Å². The molecule has 0 heterocycles. The molecule has 0 amide bonds. The number of hydrogen-bond acceptors (Lipinski definition) is 2. The Morgan fingerprint density at radius 3 is 2.60 bits per heavy atom. The summed E-state index contributed by atoms with van der Waals surface area (Å²) in [4.78, 5) is 0. The summed E-state index contributed by atoms with van der Waals surface area (Å²) in [7, 11) is 0. The first kappa shape index (κ1) is 13.3. The van der Waals surface area contributed by atoms with Crippen molar-refractivity contribution >= 4 is 17.3 Å². The first-order chi connectivity index (χ1) is 9.65. The summed E-state index contributed by atoms with van der Waals surface area (Å²) in [5, 5.41) is 13.4. The Morgan fingerprint density at radius 2 is 1.85 bits per heavy atom. The number of anilines is 1. The third-order valence-corrected chi connectivity index (χ3v) is 4.38. The predicted octanol–water partition coefficient (Wildman–Crippen LogP) is 5.10. The van der Waals surface area contributed by atoms with Gasteiger partial charge < -0.3 is 10.4 Å². The lowest BCUT2D eigenvalue weighted by Gasteiger charge is -2.31. The van der Waals surface area contributed by atoms with E-state index in [1.165, 1.54) is 17.5 Å². The van der Waals surface area contributed by atoms with Gasteiger partial charge in [0.05, 0.1) is 11.1 Å². The second-order valence-corrected chi connectivity index (χ2v) is 5.88. The largest absolute Gasteiger partial charge is 0.506 e. The van der Waals surface area contributed by atoms with Gasteiger partial charge >= 0.3 is 0 Å². The van der Waals surface area contributed by atoms with Crippen LogP contribution in [0, 0.1) is 0 Å². The molecule has 2 aromatic carbocycles. The second-order valence-electron chi connectivity index (χ2n) is 5.47. The smallest absolute Gasteiger partial charge is 0.134 e. The first-order valence-corrected chi connectivity index (χ1v) is 7.37. The highest BCUT2D eigenvalue weighted by atomic mass is 35.5. The summed E-state index contributed by atoms with van der Waals surface area (Å²) in [6.07, 6.45) is 2.29. The van der Waals surface area contributed by atoms with Gasteiger partial charge in [-0.2, -0.15) is 0 Å². The SMILES string of the molecule is CC1CCC(Nc2ccc(O)c(Cl)c2)c2ccccc21. The van der Waals surface area contributed by atoms with E-state index in [9.17, 15) is 5.11 Å². The third kappa shape index (κ3) is 2.48. The Bertz CT molecular complexity index is 626. The highest BCUT2D eigenvalue weighted by molar-refractivity contribution is 6.32. The van der Waals surface area contributed by atoms with Gasteiger partial charge in [0.2, 0.25) is 0 Å². The average Bonchev–Trinajstić information content (AvgIpc) is 2.46. The Hall–Kier alpha value is -1.67. The van der Waals surface area contributed by atoms with Crippen LogP contribution in [-0.4, -0.2) is 5.11 Å². The van der Waals surface area contributed by atoms with Crippen LogP contribution in [-0.2, 0) is 0 Å². The number of benzene rings is 2. The fraction of sp³-hybridized carbons (Fsp3) is 0.294. The second kappa shape index (κ2) is 5.37. The molecule has 0 radical (unpaired) electrons. The van der Waals surface area contributed by atoms with Crippen molar-refractivity contribution < 1.29 is 5.11 Å². The quantitative estimate of drug-likeness (QED) is 0.754. The van der Waals surface area contributed by atoms with Gasteiger partial charge in [-0.25, -0.2) is 0 Å². The molecule has 2 atom stereocenters. The maximum absolute atomic E-state index is 9.48. The summed E-state index contributed by atoms with van der Waals surface area (Å²) < 4.78 is 0. The monoisotopic (exact) mass is 287 g/mol. The van der Waals surface area contributed by atoms with Crippen molar-refractivity contribution in [2.24, 2.45) is 0 Å². The standard InChI is InChI=1S/C17H18ClNO/c1-11-6-8-16(14-5-3-2-4-13(11)14)19-12-7-9-17(20)15(18)10-12/h2-5,7,9-11,16,19-20H,6,8H2,1H3. The summed E-state index contributed by atoms with van der Waals surface area (Å²) in [6.45, 7) is 2.28. The van der Waals surface area contributed by atoms with Crippen LogP contribution in [0.3, 0.4) is 0 Å². The number of fused-ring (bicyclic) bond motifs is 1. The van der Waals surface area contributed by atoms with Gasteiger partial charge in [-0.1, -0.05) is 42.8 Å². The Balaban J connectivity index is 1.88. The molecule has 0 fully saturated rings. The van der Waals surface area contributed by atoms with Crippen molar-refractivity contribution in [3.63, 3.8) is 0 Å². The zero-order chi connectivity index (χ0) is 14.1. The summed E-state index contributed by atoms with van der Waals surface area (Å²) >= 11 is 5.96. The van der Waals surface area contributed by atoms with Crippen LogP contribution in [0.15, 0.2) is 42.5 Å². The van der Waals surface area contributed by atoms with E-state index in [0.29, 0.717) is 17.0 Å². The van der Waals surface area contributed by atoms with Crippen LogP contribution in [0.4, 0.5) is 5.69 Å². The van der Waals surface area contributed by atoms with E-state index in [2.05, 4.69) is 36.5 Å². The van der Waals surface area contributed by atoms with E-state index in [0.717, 1.165) is 12.1 Å². The number of phenolic OH excluding ortho intramolecular Hbond substituents is 1. The summed E-state index contributed by atoms with van der Waals surface area (Å²) in [5.74, 6) is 0.738. The van der Waals surface area contributed by atoms with E-state index < -0.39 is 0 Å². The van der Waals surface area contributed by atoms with Gasteiger partial charge in [-0.15, -0.1) is 0 Å². The molecule has 0 aliphatic heterocycles. The van der Waals surface area contributed by atoms with Crippen molar-refractivity contribution in [1.82, 2.24) is 0 Å². The zero-order valence-electron chi connectivity index (χ0n) is 11.4. The zero-order valence-corrected chi connectivity index (χ0v) is 12.2. The number of aromatic hydroxyl groups is 1. The van der Waals surface area contributed by atoms with Crippen molar-refractivity contribution in [2.45, 2.75) is 31.7 Å². The van der Waals surface area contributed by atoms with Crippen molar-refractivity contribution in [1.29, 1.82) is 0 Å². The van der Waals surface area contributed by atoms with Crippen molar-refractivity contribution in [2.75, 3.05) is 5.32 Å². The molecule has 0 saturated carbocycles. The van der Waals surface area contributed by atoms with Crippen LogP contribution >= 0.6 is 11.6 Å². The molecule has 2 nitrogen and oxygen atoms in total. The van der Waals surface area contributed by atoms with Gasteiger partial charge in [-0.3, -0.25) is 0 Å². The highest BCUT2D eigenvalue weighted by Gasteiger charge is 2.24. The lowest BCUT2D eigenvalue weighted by molar-refractivity contribution is 0.475. The average molecular weight is 288 g/mol. The fourth-order valence-electron chi connectivity index (χ4n) is 2.95. The molecule has 0 aromatic heterocycles. The minimum Gasteiger partial charge on any atom is -0.506 e. The van der Waals surface area contributed by atoms with Crippen LogP contribution < -0.4 is 5.32 Å². The van der Waals surface area contributed by atoms with Gasteiger partial charge in [0.1, 0.15) is 5.75 Å². The Morgan fingerprint density at radius 1 is 1.10 bits per heavy atom. The first-order valence-electron chi connectivity index (χ1n) is 6.99. The predicted molar refractivity (Wildman–Crippen MR) is 83.6 cm³/mol. The van der Waals surface area contributed by atoms with E-state index in [1.54, 1.807) is 12.1 Å². The molecule has 20 heavy (non-hydrogen) atoms. The normalized spacial score (nSPS) is 21.3. The van der Waals surface area contributed by atoms with Crippen LogP contribution in [0.25, 0.3) is 0 Å². The minimum absolute atomic E-state index is 0.120. The number of phenols is 1. The lowest BCUT2D eigenvalue weighted by atomic mass is 9.81. The number of nitrogens with one attached hydrogen (secondary N) is 1. The highest BCUT2D eigenvalue weighted by Crippen LogP contribution is 2.39. The molecule has 104 valence electrons. The molecule has 3 heteroatoms. The van der Waals surface area contributed by atoms with Gasteiger partial charge in [-0.05, 0) is 48.1 Å². The van der Waals surface area contributed by atoms with Crippen molar-refractivity contribution in [3.8, 4) is 5.75 Å². The molecule has 2 aromatic rings. The molecule has 0 spiro atoms. The number of rotatable bonds is 2. The molecular formula is C17H18ClNO. The summed E-state index contributed by atoms with van der Waals surface area (Å²) in [6, 6.07) is 14.2. The summed E-state index contributed by atoms with van der Waals surface area (Å²) in [5.41, 5.74) is 3.75. The number of hydrogen-bond donors (Lipinski definition) is 2. The molecular weight excluding hydrogens is 270 g/mol. The topological polar surface area (TPSA) is 32.3 Å². The molecule has 1 aliphatic carbocycles. The molecule has 0 bridgehead atoms. The molecule has 2 N–H and O–H groups in total. The van der Waals surface area contributed by atoms with Crippen LogP contribution in [0.1, 0.15) is 42.9 Å². The van der Waals surface area contributed by atoms with Gasteiger partial charge in [0.25, 0.3) is 0 Å². The van der Waals surface area contributed by atoms with E-state index in [-0.39, 0.29) is 5.75 Å². The molecule has 3 rings (SSSR count). The van der Waals surface area contributed by atoms with Gasteiger partial charge in [0.15, 0.2) is 0 Å². The fourth-order valence-corrected chi connectivity index (χ4v) is 3.13. The van der Waals surface area contributed by atoms with Gasteiger partial charge in [0, 0.05) is 5.69 Å². The van der Waals surface area contributed by atoms with E-state index in [4.69, 9.17) is 11.6 Å². The molecule has 2 unspecified atom stereocenters. The van der Waals surface area contributed by atoms with E-state index in [1.807, 2.05) is 6.07 Å². The maximum atomic E-state index is 9.48. The molecule has 0 saturated heterocycles. The number of halogens is 1. The molecule has 1 aliphatic rings. The Labute approximate surface area is 124 Å². The van der Waals surface area contributed by atoms with Crippen molar-refractivity contribution in [3.05, 3.63) is 58.6 Å². The maximum Gasteiger partial charge on any atom is 0.134 e. The minimum atomic E-state index is 0.120. The third-order valence-electron chi connectivity index (χ3n) is 4.08. The van der Waals surface area contributed by atoms with Crippen LogP contribution in [0.5, 0.6) is 5.75 Å². The lowest BCUT2D eigenvalue weighted by Crippen LogP contribution is -2.19.